The van der Waals surface area contributed by atoms with E-state index in [1.165, 1.54) is 0 Å². The average Bonchev–Trinajstić information content (AvgIpc) is 2.43. The van der Waals surface area contributed by atoms with E-state index in [0.29, 0.717) is 23.5 Å². The van der Waals surface area contributed by atoms with Gasteiger partial charge in [0, 0.05) is 10.5 Å². The zero-order valence-corrected chi connectivity index (χ0v) is 12.6. The molecule has 1 amide bonds. The van der Waals surface area contributed by atoms with Crippen LogP contribution in [-0.4, -0.2) is 13.0 Å². The second kappa shape index (κ2) is 6.43. The van der Waals surface area contributed by atoms with Crippen LogP contribution in [0.15, 0.2) is 46.9 Å². The number of methoxy groups -OCH3 is 1. The quantitative estimate of drug-likeness (QED) is 0.843. The lowest BCUT2D eigenvalue weighted by atomic mass is 10.1. The monoisotopic (exact) mass is 334 g/mol. The predicted molar refractivity (Wildman–Crippen MR) is 83.9 cm³/mol. The van der Waals surface area contributed by atoms with Gasteiger partial charge in [0.05, 0.1) is 24.9 Å². The summed E-state index contributed by atoms with van der Waals surface area (Å²) in [5.41, 5.74) is 7.87. The molecule has 4 nitrogen and oxygen atoms in total. The summed E-state index contributed by atoms with van der Waals surface area (Å²) in [6, 6.07) is 12.8. The van der Waals surface area contributed by atoms with Crippen LogP contribution in [0.25, 0.3) is 0 Å². The van der Waals surface area contributed by atoms with Crippen LogP contribution in [0.3, 0.4) is 0 Å². The third-order valence-electron chi connectivity index (χ3n) is 2.81. The van der Waals surface area contributed by atoms with Gasteiger partial charge in [0.15, 0.2) is 0 Å². The molecule has 0 aliphatic carbocycles. The fourth-order valence-corrected chi connectivity index (χ4v) is 2.03. The molecule has 2 rings (SSSR count). The average molecular weight is 335 g/mol. The van der Waals surface area contributed by atoms with Gasteiger partial charge in [0.25, 0.3) is 0 Å². The second-order valence-electron chi connectivity index (χ2n) is 4.30. The molecule has 0 unspecified atom stereocenters. The first-order valence-corrected chi connectivity index (χ1v) is 6.85. The maximum atomic E-state index is 12.0. The van der Waals surface area contributed by atoms with E-state index in [9.17, 15) is 4.79 Å². The van der Waals surface area contributed by atoms with Gasteiger partial charge in [-0.25, -0.2) is 0 Å². The lowest BCUT2D eigenvalue weighted by Crippen LogP contribution is -2.15. The van der Waals surface area contributed by atoms with Gasteiger partial charge in [-0.15, -0.1) is 0 Å². The highest BCUT2D eigenvalue weighted by Crippen LogP contribution is 2.24. The van der Waals surface area contributed by atoms with Crippen molar-refractivity contribution in [3.8, 4) is 5.75 Å². The lowest BCUT2D eigenvalue weighted by Gasteiger charge is -2.09. The Morgan fingerprint density at radius 3 is 2.55 bits per heavy atom. The van der Waals surface area contributed by atoms with Gasteiger partial charge in [-0.2, -0.15) is 0 Å². The Bertz CT molecular complexity index is 612. The maximum absolute atomic E-state index is 12.0. The highest BCUT2D eigenvalue weighted by molar-refractivity contribution is 9.10. The number of nitrogen functional groups attached to an aromatic ring is 1. The molecule has 5 heteroatoms. The molecule has 0 radical (unpaired) electrons. The van der Waals surface area contributed by atoms with E-state index < -0.39 is 0 Å². The number of nitrogens with one attached hydrogen (secondary N) is 1. The highest BCUT2D eigenvalue weighted by Gasteiger charge is 2.07. The van der Waals surface area contributed by atoms with Crippen molar-refractivity contribution in [1.29, 1.82) is 0 Å². The summed E-state index contributed by atoms with van der Waals surface area (Å²) in [5.74, 6) is 0.553. The number of amides is 1. The van der Waals surface area contributed by atoms with E-state index in [0.717, 1.165) is 10.0 Å². The van der Waals surface area contributed by atoms with Crippen molar-refractivity contribution in [2.75, 3.05) is 18.2 Å². The molecule has 0 aliphatic heterocycles. The third kappa shape index (κ3) is 3.74. The van der Waals surface area contributed by atoms with Gasteiger partial charge in [-0.05, 0) is 29.8 Å². The number of hydrogen-bond acceptors (Lipinski definition) is 3. The summed E-state index contributed by atoms with van der Waals surface area (Å²) in [4.78, 5) is 12.0. The molecule has 20 heavy (non-hydrogen) atoms. The first kappa shape index (κ1) is 14.4. The van der Waals surface area contributed by atoms with Crippen LogP contribution in [0.1, 0.15) is 5.56 Å². The molecule has 0 saturated heterocycles. The molecule has 0 heterocycles. The minimum atomic E-state index is -0.107. The SMILES string of the molecule is COc1ccc(NC(=O)Cc2ccc(Br)cc2)c(N)c1. The van der Waals surface area contributed by atoms with Gasteiger partial charge in [0.2, 0.25) is 5.91 Å². The number of hydrogen-bond donors (Lipinski definition) is 2. The molecule has 0 saturated carbocycles. The van der Waals surface area contributed by atoms with Crippen LogP contribution < -0.4 is 15.8 Å². The molecule has 0 aliphatic rings. The Hall–Kier alpha value is -2.01. The topological polar surface area (TPSA) is 64.3 Å². The molecule has 0 atom stereocenters. The van der Waals surface area contributed by atoms with Gasteiger partial charge in [0.1, 0.15) is 5.75 Å². The van der Waals surface area contributed by atoms with Crippen LogP contribution in [0.5, 0.6) is 5.75 Å². The van der Waals surface area contributed by atoms with Crippen molar-refractivity contribution in [2.45, 2.75) is 6.42 Å². The van der Waals surface area contributed by atoms with Crippen LogP contribution in [0.4, 0.5) is 11.4 Å². The Balaban J connectivity index is 2.02. The summed E-state index contributed by atoms with van der Waals surface area (Å²) >= 11 is 3.36. The minimum absolute atomic E-state index is 0.107. The number of anilines is 2. The van der Waals surface area contributed by atoms with Gasteiger partial charge in [-0.3, -0.25) is 4.79 Å². The Morgan fingerprint density at radius 1 is 1.25 bits per heavy atom. The summed E-state index contributed by atoms with van der Waals surface area (Å²) in [7, 11) is 1.57. The molecular formula is C15H15BrN2O2. The molecule has 3 N–H and O–H groups in total. The predicted octanol–water partition coefficient (Wildman–Crippen LogP) is 3.22. The smallest absolute Gasteiger partial charge is 0.228 e. The van der Waals surface area contributed by atoms with Crippen molar-refractivity contribution in [3.05, 3.63) is 52.5 Å². The van der Waals surface area contributed by atoms with E-state index in [1.807, 2.05) is 24.3 Å². The van der Waals surface area contributed by atoms with Crippen LogP contribution >= 0.6 is 15.9 Å². The number of rotatable bonds is 4. The highest BCUT2D eigenvalue weighted by atomic mass is 79.9. The maximum Gasteiger partial charge on any atom is 0.228 e. The fraction of sp³-hybridized carbons (Fsp3) is 0.133. The Labute approximate surface area is 126 Å². The number of nitrogens with two attached hydrogens (primary N) is 1. The molecule has 0 fully saturated rings. The minimum Gasteiger partial charge on any atom is -0.497 e. The van der Waals surface area contributed by atoms with E-state index in [2.05, 4.69) is 21.2 Å². The Kier molecular flexibility index (Phi) is 4.63. The molecule has 0 aromatic heterocycles. The first-order valence-electron chi connectivity index (χ1n) is 6.06. The van der Waals surface area contributed by atoms with Crippen molar-refractivity contribution < 1.29 is 9.53 Å². The summed E-state index contributed by atoms with van der Waals surface area (Å²) in [5, 5.41) is 2.79. The van der Waals surface area contributed by atoms with Gasteiger partial charge in [-0.1, -0.05) is 28.1 Å². The van der Waals surface area contributed by atoms with Gasteiger partial charge < -0.3 is 15.8 Å². The largest absolute Gasteiger partial charge is 0.497 e. The second-order valence-corrected chi connectivity index (χ2v) is 5.22. The number of carbonyl (C=O) groups is 1. The molecule has 2 aromatic carbocycles. The molecule has 2 aromatic rings. The zero-order valence-electron chi connectivity index (χ0n) is 11.0. The molecule has 104 valence electrons. The fourth-order valence-electron chi connectivity index (χ4n) is 1.76. The number of carbonyl (C=O) groups excluding carboxylic acids is 1. The Morgan fingerprint density at radius 2 is 1.95 bits per heavy atom. The van der Waals surface area contributed by atoms with Crippen molar-refractivity contribution in [1.82, 2.24) is 0 Å². The van der Waals surface area contributed by atoms with Crippen LogP contribution in [-0.2, 0) is 11.2 Å². The van der Waals surface area contributed by atoms with Crippen molar-refractivity contribution in [2.24, 2.45) is 0 Å². The summed E-state index contributed by atoms with van der Waals surface area (Å²) in [6.07, 6.45) is 0.304. The zero-order chi connectivity index (χ0) is 14.5. The molecule has 0 bridgehead atoms. The number of benzene rings is 2. The van der Waals surface area contributed by atoms with Crippen LogP contribution in [0, 0.1) is 0 Å². The van der Waals surface area contributed by atoms with E-state index in [-0.39, 0.29) is 5.91 Å². The third-order valence-corrected chi connectivity index (χ3v) is 3.34. The van der Waals surface area contributed by atoms with Crippen molar-refractivity contribution in [3.63, 3.8) is 0 Å². The summed E-state index contributed by atoms with van der Waals surface area (Å²) in [6.45, 7) is 0. The lowest BCUT2D eigenvalue weighted by molar-refractivity contribution is -0.115. The van der Waals surface area contributed by atoms with E-state index in [1.54, 1.807) is 25.3 Å². The molecular weight excluding hydrogens is 320 g/mol. The van der Waals surface area contributed by atoms with Crippen molar-refractivity contribution >= 4 is 33.2 Å². The van der Waals surface area contributed by atoms with Crippen LogP contribution in [0.2, 0.25) is 0 Å². The van der Waals surface area contributed by atoms with E-state index >= 15 is 0 Å². The molecule has 0 spiro atoms. The number of ether oxygens (including phenoxy) is 1. The van der Waals surface area contributed by atoms with Gasteiger partial charge >= 0.3 is 0 Å². The number of halogens is 1. The van der Waals surface area contributed by atoms with E-state index in [4.69, 9.17) is 10.5 Å². The summed E-state index contributed by atoms with van der Waals surface area (Å²) < 4.78 is 6.05. The normalized spacial score (nSPS) is 10.1. The standard InChI is InChI=1S/C15H15BrN2O2/c1-20-12-6-7-14(13(17)9-12)18-15(19)8-10-2-4-11(16)5-3-10/h2-7,9H,8,17H2,1H3,(H,18,19). The first-order chi connectivity index (χ1) is 9.58.